The third-order valence-electron chi connectivity index (χ3n) is 8.65. The van der Waals surface area contributed by atoms with Crippen LogP contribution >= 0.6 is 0 Å². The lowest BCUT2D eigenvalue weighted by Crippen LogP contribution is -3.00. The van der Waals surface area contributed by atoms with Crippen LogP contribution in [0.25, 0.3) is 0 Å². The van der Waals surface area contributed by atoms with Gasteiger partial charge in [0.15, 0.2) is 6.21 Å². The summed E-state index contributed by atoms with van der Waals surface area (Å²) in [6, 6.07) is 16.7. The Bertz CT molecular complexity index is 1090. The van der Waals surface area contributed by atoms with Crippen molar-refractivity contribution in [2.24, 2.45) is 5.41 Å². The number of amides is 1. The first-order chi connectivity index (χ1) is 19.9. The number of halogens is 1. The highest BCUT2D eigenvalue weighted by Gasteiger charge is 2.31. The molecular formula is C37H55BrN2O2. The molecule has 1 amide bonds. The number of benzene rings is 2. The van der Waals surface area contributed by atoms with E-state index in [0.717, 1.165) is 43.0 Å². The molecule has 5 heteroatoms. The second kappa shape index (κ2) is 19.7. The molecule has 0 spiro atoms. The van der Waals surface area contributed by atoms with E-state index in [9.17, 15) is 4.79 Å². The van der Waals surface area contributed by atoms with Crippen LogP contribution in [-0.4, -0.2) is 25.3 Å². The van der Waals surface area contributed by atoms with Crippen LogP contribution in [0.4, 0.5) is 5.69 Å². The summed E-state index contributed by atoms with van der Waals surface area (Å²) in [5.41, 5.74) is 4.81. The number of nitrogens with zero attached hydrogens (tertiary/aromatic N) is 1. The van der Waals surface area contributed by atoms with Crippen molar-refractivity contribution < 1.29 is 31.5 Å². The van der Waals surface area contributed by atoms with Gasteiger partial charge in [-0.3, -0.25) is 4.79 Å². The summed E-state index contributed by atoms with van der Waals surface area (Å²) in [6.45, 7) is 10.7. The Hall–Kier alpha value is -2.40. The van der Waals surface area contributed by atoms with E-state index in [1.54, 1.807) is 6.92 Å². The number of unbranched alkanes of at least 4 members (excludes halogenated alkanes) is 11. The van der Waals surface area contributed by atoms with E-state index in [0.29, 0.717) is 6.54 Å². The van der Waals surface area contributed by atoms with Crippen molar-refractivity contribution in [1.82, 2.24) is 0 Å². The van der Waals surface area contributed by atoms with Gasteiger partial charge in [-0.1, -0.05) is 107 Å². The molecular weight excluding hydrogens is 584 g/mol. The molecule has 0 bridgehead atoms. The van der Waals surface area contributed by atoms with Gasteiger partial charge in [0, 0.05) is 18.7 Å². The van der Waals surface area contributed by atoms with Crippen LogP contribution in [0, 0.1) is 5.41 Å². The Balaban J connectivity index is 0.00000616. The van der Waals surface area contributed by atoms with Crippen LogP contribution < -0.4 is 31.6 Å². The lowest BCUT2D eigenvalue weighted by Gasteiger charge is -2.28. The molecule has 4 nitrogen and oxygen atoms in total. The van der Waals surface area contributed by atoms with E-state index in [-0.39, 0.29) is 28.3 Å². The molecule has 2 aromatic carbocycles. The van der Waals surface area contributed by atoms with E-state index in [1.807, 2.05) is 23.2 Å². The average Bonchev–Trinajstić information content (AvgIpc) is 2.97. The van der Waals surface area contributed by atoms with Crippen LogP contribution in [0.1, 0.15) is 116 Å². The molecule has 1 heterocycles. The summed E-state index contributed by atoms with van der Waals surface area (Å²) < 4.78 is 5.99. The summed E-state index contributed by atoms with van der Waals surface area (Å²) in [7, 11) is 0. The van der Waals surface area contributed by atoms with Gasteiger partial charge in [-0.15, -0.1) is 0 Å². The molecule has 1 unspecified atom stereocenters. The van der Waals surface area contributed by atoms with Gasteiger partial charge in [-0.2, -0.15) is 0 Å². The number of carbonyl (C=O) groups excluding carboxylic acids is 1. The highest BCUT2D eigenvalue weighted by atomic mass is 79.9. The molecule has 1 atom stereocenters. The van der Waals surface area contributed by atoms with Gasteiger partial charge in [0.1, 0.15) is 12.3 Å². The van der Waals surface area contributed by atoms with E-state index in [1.165, 1.54) is 81.8 Å². The fourth-order valence-corrected chi connectivity index (χ4v) is 5.65. The number of allylic oxidation sites excluding steroid dienone is 1. The van der Waals surface area contributed by atoms with Gasteiger partial charge < -0.3 is 26.6 Å². The number of carbonyl (C=O) groups is 1. The van der Waals surface area contributed by atoms with Gasteiger partial charge in [-0.25, -0.2) is 4.99 Å². The monoisotopic (exact) mass is 638 g/mol. The molecule has 0 saturated heterocycles. The minimum atomic E-state index is 0. The maximum atomic E-state index is 12.5. The van der Waals surface area contributed by atoms with E-state index in [4.69, 9.17) is 4.74 Å². The van der Waals surface area contributed by atoms with E-state index >= 15 is 0 Å². The van der Waals surface area contributed by atoms with Crippen LogP contribution in [0.15, 0.2) is 60.2 Å². The summed E-state index contributed by atoms with van der Waals surface area (Å²) >= 11 is 0. The van der Waals surface area contributed by atoms with Gasteiger partial charge >= 0.3 is 0 Å². The van der Waals surface area contributed by atoms with Crippen molar-refractivity contribution in [3.8, 4) is 5.75 Å². The first kappa shape index (κ1) is 35.8. The predicted octanol–water partition coefficient (Wildman–Crippen LogP) is 4.98. The van der Waals surface area contributed by atoms with Crippen LogP contribution in [0.3, 0.4) is 0 Å². The highest BCUT2D eigenvalue weighted by molar-refractivity contribution is 5.91. The minimum absolute atomic E-state index is 0. The average molecular weight is 640 g/mol. The van der Waals surface area contributed by atoms with Crippen molar-refractivity contribution in [3.63, 3.8) is 0 Å². The fraction of sp³-hybridized carbons (Fsp3) is 0.568. The molecule has 3 rings (SSSR count). The molecule has 1 aliphatic heterocycles. The van der Waals surface area contributed by atoms with Crippen molar-refractivity contribution in [3.05, 3.63) is 71.3 Å². The summed E-state index contributed by atoms with van der Waals surface area (Å²) in [4.78, 5) is 17.8. The Morgan fingerprint density at radius 3 is 1.93 bits per heavy atom. The topological polar surface area (TPSA) is 43.5 Å². The van der Waals surface area contributed by atoms with E-state index in [2.05, 4.69) is 68.2 Å². The third-order valence-corrected chi connectivity index (χ3v) is 8.65. The molecule has 0 aromatic heterocycles. The SMILES string of the molecule is CCCCCCCCCCCCCCOc1ccc(CN(C(C)=O)c2ccc(CC3(C)C[NH+]=CC=C3C)cc2)cc1.[Br-]. The quantitative estimate of drug-likeness (QED) is 0.221. The Labute approximate surface area is 266 Å². The molecule has 42 heavy (non-hydrogen) atoms. The zero-order valence-electron chi connectivity index (χ0n) is 26.7. The van der Waals surface area contributed by atoms with Crippen molar-refractivity contribution in [2.75, 3.05) is 18.1 Å². The summed E-state index contributed by atoms with van der Waals surface area (Å²) in [5.74, 6) is 0.950. The zero-order chi connectivity index (χ0) is 29.3. The Morgan fingerprint density at radius 2 is 1.38 bits per heavy atom. The largest absolute Gasteiger partial charge is 1.00 e. The normalized spacial score (nSPS) is 16.0. The lowest BCUT2D eigenvalue weighted by atomic mass is 9.76. The molecule has 2 aromatic rings. The van der Waals surface area contributed by atoms with Crippen LogP contribution in [0.2, 0.25) is 0 Å². The maximum Gasteiger partial charge on any atom is 0.224 e. The van der Waals surface area contributed by atoms with Crippen molar-refractivity contribution in [2.45, 2.75) is 118 Å². The molecule has 0 aliphatic carbocycles. The molecule has 1 N–H and O–H groups in total. The van der Waals surface area contributed by atoms with Gasteiger partial charge in [0.2, 0.25) is 5.91 Å². The van der Waals surface area contributed by atoms with Crippen molar-refractivity contribution >= 4 is 17.8 Å². The Kier molecular flexibility index (Phi) is 16.8. The summed E-state index contributed by atoms with van der Waals surface area (Å²) in [6.07, 6.45) is 21.4. The first-order valence-corrected chi connectivity index (χ1v) is 16.2. The number of anilines is 1. The fourth-order valence-electron chi connectivity index (χ4n) is 5.65. The Morgan fingerprint density at radius 1 is 0.833 bits per heavy atom. The predicted molar refractivity (Wildman–Crippen MR) is 174 cm³/mol. The van der Waals surface area contributed by atoms with Crippen LogP contribution in [0.5, 0.6) is 5.75 Å². The van der Waals surface area contributed by atoms with Gasteiger partial charge in [-0.05, 0) is 62.1 Å². The number of hydrogen-bond donors (Lipinski definition) is 1. The van der Waals surface area contributed by atoms with Gasteiger partial charge in [0.05, 0.1) is 18.6 Å². The van der Waals surface area contributed by atoms with Crippen molar-refractivity contribution in [1.29, 1.82) is 0 Å². The van der Waals surface area contributed by atoms with Crippen LogP contribution in [-0.2, 0) is 17.8 Å². The molecule has 0 saturated carbocycles. The maximum absolute atomic E-state index is 12.5. The lowest BCUT2D eigenvalue weighted by molar-refractivity contribution is -0.469. The zero-order valence-corrected chi connectivity index (χ0v) is 28.3. The second-order valence-corrected chi connectivity index (χ2v) is 12.3. The highest BCUT2D eigenvalue weighted by Crippen LogP contribution is 2.31. The third kappa shape index (κ3) is 12.5. The molecule has 232 valence electrons. The molecule has 0 fully saturated rings. The number of hydrogen-bond acceptors (Lipinski definition) is 2. The molecule has 0 radical (unpaired) electrons. The van der Waals surface area contributed by atoms with E-state index < -0.39 is 0 Å². The second-order valence-electron chi connectivity index (χ2n) is 12.3. The minimum Gasteiger partial charge on any atom is -1.00 e. The summed E-state index contributed by atoms with van der Waals surface area (Å²) in [5, 5.41) is 0. The number of rotatable bonds is 19. The molecule has 1 aliphatic rings. The standard InChI is InChI=1S/C37H54N2O2.BrH/c1-5-6-7-8-9-10-11-12-13-14-15-16-27-41-36-23-19-34(20-24-36)29-39(32(3)40)35-21-17-33(18-22-35)28-37(4)30-38-26-25-31(37)2;/h17-26H,5-16,27-30H2,1-4H3;1H. The number of ether oxygens (including phenoxy) is 1. The smallest absolute Gasteiger partial charge is 0.224 e. The number of nitrogens with one attached hydrogen (secondary N) is 1. The van der Waals surface area contributed by atoms with Gasteiger partial charge in [0.25, 0.3) is 0 Å². The first-order valence-electron chi connectivity index (χ1n) is 16.2.